The van der Waals surface area contributed by atoms with Crippen LogP contribution in [0.25, 0.3) is 6.08 Å². The maximum Gasteiger partial charge on any atom is 0.185 e. The first-order valence-corrected chi connectivity index (χ1v) is 8.14. The van der Waals surface area contributed by atoms with Crippen molar-refractivity contribution >= 4 is 11.9 Å². The molecule has 1 aliphatic heterocycles. The summed E-state index contributed by atoms with van der Waals surface area (Å²) in [6.07, 6.45) is 3.28. The van der Waals surface area contributed by atoms with Crippen LogP contribution in [0.15, 0.2) is 42.5 Å². The highest BCUT2D eigenvalue weighted by Gasteiger charge is 2.13. The minimum absolute atomic E-state index is 0.107. The molecule has 25 heavy (non-hydrogen) atoms. The summed E-state index contributed by atoms with van der Waals surface area (Å²) in [5, 5.41) is 0. The number of rotatable bonds is 6. The molecular weight excluding hydrogens is 320 g/mol. The predicted octanol–water partition coefficient (Wildman–Crippen LogP) is 3.76. The van der Waals surface area contributed by atoms with E-state index in [2.05, 4.69) is 0 Å². The highest BCUT2D eigenvalue weighted by atomic mass is 16.6. The number of carbonyl (C=O) groups is 1. The van der Waals surface area contributed by atoms with Crippen molar-refractivity contribution in [3.05, 3.63) is 53.6 Å². The third-order valence-corrected chi connectivity index (χ3v) is 3.74. The minimum Gasteiger partial charge on any atom is -0.493 e. The number of hydrogen-bond acceptors (Lipinski definition) is 5. The minimum atomic E-state index is -0.107. The fourth-order valence-electron chi connectivity index (χ4n) is 2.53. The Kier molecular flexibility index (Phi) is 5.23. The zero-order valence-electron chi connectivity index (χ0n) is 14.3. The van der Waals surface area contributed by atoms with Crippen LogP contribution in [0.4, 0.5) is 0 Å². The first-order valence-electron chi connectivity index (χ1n) is 8.14. The second-order valence-electron chi connectivity index (χ2n) is 5.40. The summed E-state index contributed by atoms with van der Waals surface area (Å²) in [6.45, 7) is 3.50. The average Bonchev–Trinajstić information content (AvgIpc) is 2.66. The molecule has 0 spiro atoms. The van der Waals surface area contributed by atoms with Gasteiger partial charge in [0.05, 0.1) is 13.7 Å². The number of hydrogen-bond donors (Lipinski definition) is 0. The van der Waals surface area contributed by atoms with Crippen molar-refractivity contribution in [1.82, 2.24) is 0 Å². The van der Waals surface area contributed by atoms with Gasteiger partial charge in [-0.15, -0.1) is 0 Å². The lowest BCUT2D eigenvalue weighted by molar-refractivity contribution is 0.104. The SMILES string of the molecule is CCOc1ccc(/C=C/C(=O)c2ccc3c(c2)OCCO3)cc1OC. The molecule has 0 aliphatic carbocycles. The van der Waals surface area contributed by atoms with Gasteiger partial charge in [-0.05, 0) is 48.9 Å². The second-order valence-corrected chi connectivity index (χ2v) is 5.40. The van der Waals surface area contributed by atoms with E-state index in [1.54, 1.807) is 31.4 Å². The second kappa shape index (κ2) is 7.75. The molecule has 3 rings (SSSR count). The Bertz CT molecular complexity index is 795. The summed E-state index contributed by atoms with van der Waals surface area (Å²) in [5.41, 5.74) is 1.41. The average molecular weight is 340 g/mol. The first kappa shape index (κ1) is 16.9. The van der Waals surface area contributed by atoms with Crippen LogP contribution >= 0.6 is 0 Å². The molecule has 5 heteroatoms. The maximum absolute atomic E-state index is 12.4. The Morgan fingerprint density at radius 2 is 1.88 bits per heavy atom. The van der Waals surface area contributed by atoms with Crippen LogP contribution in [0.1, 0.15) is 22.8 Å². The third kappa shape index (κ3) is 3.94. The molecule has 0 saturated heterocycles. The van der Waals surface area contributed by atoms with Gasteiger partial charge in [-0.3, -0.25) is 4.79 Å². The van der Waals surface area contributed by atoms with Gasteiger partial charge >= 0.3 is 0 Å². The highest BCUT2D eigenvalue weighted by molar-refractivity contribution is 6.07. The zero-order valence-corrected chi connectivity index (χ0v) is 14.3. The molecule has 0 atom stereocenters. The van der Waals surface area contributed by atoms with E-state index in [4.69, 9.17) is 18.9 Å². The molecule has 130 valence electrons. The lowest BCUT2D eigenvalue weighted by Crippen LogP contribution is -2.15. The van der Waals surface area contributed by atoms with Gasteiger partial charge in [0.2, 0.25) is 0 Å². The number of carbonyl (C=O) groups excluding carboxylic acids is 1. The van der Waals surface area contributed by atoms with Gasteiger partial charge in [0.1, 0.15) is 13.2 Å². The summed E-state index contributed by atoms with van der Waals surface area (Å²) >= 11 is 0. The molecule has 0 unspecified atom stereocenters. The van der Waals surface area contributed by atoms with E-state index in [0.717, 1.165) is 5.56 Å². The van der Waals surface area contributed by atoms with Crippen LogP contribution in [0.5, 0.6) is 23.0 Å². The van der Waals surface area contributed by atoms with Crippen molar-refractivity contribution in [2.24, 2.45) is 0 Å². The summed E-state index contributed by atoms with van der Waals surface area (Å²) in [7, 11) is 1.59. The van der Waals surface area contributed by atoms with Crippen molar-refractivity contribution in [3.8, 4) is 23.0 Å². The fourth-order valence-corrected chi connectivity index (χ4v) is 2.53. The van der Waals surface area contributed by atoms with Gasteiger partial charge in [0.25, 0.3) is 0 Å². The molecule has 2 aromatic rings. The standard InChI is InChI=1S/C20H20O5/c1-3-23-17-8-5-14(12-19(17)22-2)4-7-16(21)15-6-9-18-20(13-15)25-11-10-24-18/h4-9,12-13H,3,10-11H2,1-2H3/b7-4+. The molecule has 0 amide bonds. The fraction of sp³-hybridized carbons (Fsp3) is 0.250. The number of ether oxygens (including phenoxy) is 4. The largest absolute Gasteiger partial charge is 0.493 e. The van der Waals surface area contributed by atoms with Gasteiger partial charge < -0.3 is 18.9 Å². The van der Waals surface area contributed by atoms with E-state index >= 15 is 0 Å². The van der Waals surface area contributed by atoms with Crippen LogP contribution in [0.3, 0.4) is 0 Å². The Labute approximate surface area is 146 Å². The Morgan fingerprint density at radius 1 is 1.08 bits per heavy atom. The van der Waals surface area contributed by atoms with E-state index in [0.29, 0.717) is 48.4 Å². The molecule has 0 bridgehead atoms. The molecule has 1 heterocycles. The Hall–Kier alpha value is -2.95. The zero-order chi connectivity index (χ0) is 17.6. The van der Waals surface area contributed by atoms with E-state index in [1.165, 1.54) is 6.08 Å². The van der Waals surface area contributed by atoms with Crippen molar-refractivity contribution in [3.63, 3.8) is 0 Å². The number of benzene rings is 2. The van der Waals surface area contributed by atoms with Crippen LogP contribution in [0.2, 0.25) is 0 Å². The van der Waals surface area contributed by atoms with E-state index < -0.39 is 0 Å². The molecule has 0 radical (unpaired) electrons. The van der Waals surface area contributed by atoms with Crippen molar-refractivity contribution in [1.29, 1.82) is 0 Å². The quantitative estimate of drug-likeness (QED) is 0.592. The van der Waals surface area contributed by atoms with E-state index in [1.807, 2.05) is 25.1 Å². The summed E-state index contributed by atoms with van der Waals surface area (Å²) in [4.78, 5) is 12.4. The van der Waals surface area contributed by atoms with Crippen molar-refractivity contribution in [2.75, 3.05) is 26.9 Å². The normalized spacial score (nSPS) is 12.9. The first-order chi connectivity index (χ1) is 12.2. The smallest absolute Gasteiger partial charge is 0.185 e. The number of fused-ring (bicyclic) bond motifs is 1. The van der Waals surface area contributed by atoms with Crippen LogP contribution in [-0.2, 0) is 0 Å². The number of allylic oxidation sites excluding steroid dienone is 1. The predicted molar refractivity (Wildman–Crippen MR) is 95.0 cm³/mol. The van der Waals surface area contributed by atoms with Crippen LogP contribution in [-0.4, -0.2) is 32.7 Å². The molecule has 0 saturated carbocycles. The molecule has 0 N–H and O–H groups in total. The molecule has 0 fully saturated rings. The van der Waals surface area contributed by atoms with E-state index in [9.17, 15) is 4.79 Å². The topological polar surface area (TPSA) is 54.0 Å². The van der Waals surface area contributed by atoms with Crippen LogP contribution in [0, 0.1) is 0 Å². The molecule has 5 nitrogen and oxygen atoms in total. The Morgan fingerprint density at radius 3 is 2.64 bits per heavy atom. The van der Waals surface area contributed by atoms with Gasteiger partial charge in [-0.1, -0.05) is 12.1 Å². The van der Waals surface area contributed by atoms with Gasteiger partial charge in [-0.25, -0.2) is 0 Å². The van der Waals surface area contributed by atoms with Crippen molar-refractivity contribution in [2.45, 2.75) is 6.92 Å². The molecule has 1 aliphatic rings. The van der Waals surface area contributed by atoms with Crippen LogP contribution < -0.4 is 18.9 Å². The van der Waals surface area contributed by atoms with Crippen molar-refractivity contribution < 1.29 is 23.7 Å². The summed E-state index contributed by atoms with van der Waals surface area (Å²) in [6, 6.07) is 10.7. The monoisotopic (exact) mass is 340 g/mol. The highest BCUT2D eigenvalue weighted by Crippen LogP contribution is 2.31. The van der Waals surface area contributed by atoms with Gasteiger partial charge in [-0.2, -0.15) is 0 Å². The summed E-state index contributed by atoms with van der Waals surface area (Å²) < 4.78 is 21.8. The third-order valence-electron chi connectivity index (χ3n) is 3.74. The van der Waals surface area contributed by atoms with Gasteiger partial charge in [0.15, 0.2) is 28.8 Å². The Balaban J connectivity index is 1.76. The van der Waals surface area contributed by atoms with E-state index in [-0.39, 0.29) is 5.78 Å². The maximum atomic E-state index is 12.4. The molecule has 0 aromatic heterocycles. The lowest BCUT2D eigenvalue weighted by Gasteiger charge is -2.18. The van der Waals surface area contributed by atoms with Gasteiger partial charge in [0, 0.05) is 5.56 Å². The molecule has 2 aromatic carbocycles. The number of methoxy groups -OCH3 is 1. The molecular formula is C20H20O5. The number of ketones is 1. The lowest BCUT2D eigenvalue weighted by atomic mass is 10.1. The summed E-state index contributed by atoms with van der Waals surface area (Å²) in [5.74, 6) is 2.48.